The van der Waals surface area contributed by atoms with Gasteiger partial charge < -0.3 is 24.8 Å². The molecule has 6 rings (SSSR count). The Morgan fingerprint density at radius 2 is 0.872 bits per heavy atom. The molecule has 0 saturated heterocycles. The summed E-state index contributed by atoms with van der Waals surface area (Å²) in [7, 11) is -0.429. The van der Waals surface area contributed by atoms with Crippen LogP contribution in [0.4, 0.5) is 0 Å². The van der Waals surface area contributed by atoms with Crippen molar-refractivity contribution in [1.29, 1.82) is 0 Å². The number of rotatable bonds is 14. The van der Waals surface area contributed by atoms with Crippen LogP contribution in [0.2, 0.25) is 0 Å². The molecule has 0 aromatic heterocycles. The van der Waals surface area contributed by atoms with Gasteiger partial charge >= 0.3 is 25.8 Å². The minimum absolute atomic E-state index is 0. The molecule has 0 spiro atoms. The third-order valence-corrected chi connectivity index (χ3v) is 13.5. The molecular formula is C42H48Cl2HfP2. The molecule has 0 aliphatic carbocycles. The summed E-state index contributed by atoms with van der Waals surface area (Å²) in [6.45, 7) is 4.61. The van der Waals surface area contributed by atoms with Gasteiger partial charge in [-0.3, -0.25) is 0 Å². The van der Waals surface area contributed by atoms with Gasteiger partial charge in [-0.25, -0.2) is 0 Å². The normalized spacial score (nSPS) is 10.6. The van der Waals surface area contributed by atoms with E-state index in [0.717, 1.165) is 0 Å². The van der Waals surface area contributed by atoms with Gasteiger partial charge in [0.05, 0.1) is 0 Å². The molecule has 47 heavy (non-hydrogen) atoms. The molecule has 0 saturated carbocycles. The summed E-state index contributed by atoms with van der Waals surface area (Å²) in [5, 5.41) is 11.4. The number of benzene rings is 4. The Morgan fingerprint density at radius 3 is 1.32 bits per heavy atom. The van der Waals surface area contributed by atoms with Gasteiger partial charge in [-0.15, -0.1) is 80.7 Å². The first-order valence-electron chi connectivity index (χ1n) is 16.7. The van der Waals surface area contributed by atoms with Crippen molar-refractivity contribution in [3.63, 3.8) is 0 Å². The fraction of sp³-hybridized carbons (Fsp3) is 0.286. The van der Waals surface area contributed by atoms with E-state index >= 15 is 0 Å². The van der Waals surface area contributed by atoms with Crippen molar-refractivity contribution in [2.75, 3.05) is 12.3 Å². The average Bonchev–Trinajstić information content (AvgIpc) is 3.70. The summed E-state index contributed by atoms with van der Waals surface area (Å²) in [5.74, 6) is 0. The molecule has 6 aromatic rings. The van der Waals surface area contributed by atoms with E-state index in [1.807, 2.05) is 0 Å². The van der Waals surface area contributed by atoms with Gasteiger partial charge in [-0.1, -0.05) is 133 Å². The van der Waals surface area contributed by atoms with Crippen molar-refractivity contribution in [1.82, 2.24) is 0 Å². The molecule has 0 bridgehead atoms. The van der Waals surface area contributed by atoms with E-state index in [1.54, 1.807) is 5.30 Å². The summed E-state index contributed by atoms with van der Waals surface area (Å²) in [4.78, 5) is 0. The smallest absolute Gasteiger partial charge is 1.00 e. The van der Waals surface area contributed by atoms with E-state index in [9.17, 15) is 0 Å². The molecule has 0 aliphatic heterocycles. The Bertz CT molecular complexity index is 1540. The number of fused-ring (bicyclic) bond motifs is 2. The summed E-state index contributed by atoms with van der Waals surface area (Å²) in [5.41, 5.74) is 0. The maximum Gasteiger partial charge on any atom is 4.00 e. The van der Waals surface area contributed by atoms with Gasteiger partial charge in [-0.05, 0) is 43.7 Å². The van der Waals surface area contributed by atoms with Crippen LogP contribution in [0.1, 0.15) is 65.2 Å². The van der Waals surface area contributed by atoms with Crippen LogP contribution in [0.25, 0.3) is 21.5 Å². The van der Waals surface area contributed by atoms with Gasteiger partial charge in [0, 0.05) is 0 Å². The van der Waals surface area contributed by atoms with Crippen LogP contribution in [-0.4, -0.2) is 12.3 Å². The van der Waals surface area contributed by atoms with Crippen LogP contribution in [0.5, 0.6) is 0 Å². The largest absolute Gasteiger partial charge is 4.00 e. The Hall–Kier alpha value is -1.59. The van der Waals surface area contributed by atoms with Gasteiger partial charge in [-0.2, -0.15) is 12.1 Å². The molecule has 244 valence electrons. The van der Waals surface area contributed by atoms with Gasteiger partial charge in [0.15, 0.2) is 0 Å². The maximum absolute atomic E-state index is 2.47. The van der Waals surface area contributed by atoms with Crippen LogP contribution >= 0.6 is 15.8 Å². The van der Waals surface area contributed by atoms with Crippen LogP contribution in [0.3, 0.4) is 0 Å². The monoisotopic (exact) mass is 864 g/mol. The van der Waals surface area contributed by atoms with Crippen LogP contribution in [-0.2, 0) is 25.8 Å². The minimum Gasteiger partial charge on any atom is -1.00 e. The van der Waals surface area contributed by atoms with Crippen molar-refractivity contribution < 1.29 is 50.7 Å². The van der Waals surface area contributed by atoms with Crippen molar-refractivity contribution in [2.24, 2.45) is 0 Å². The molecular weight excluding hydrogens is 816 g/mol. The number of hydrogen-bond donors (Lipinski definition) is 0. The molecule has 0 atom stereocenters. The molecule has 0 nitrogen and oxygen atoms in total. The van der Waals surface area contributed by atoms with E-state index in [0.29, 0.717) is 0 Å². The first-order valence-corrected chi connectivity index (χ1v) is 19.8. The Labute approximate surface area is 318 Å². The number of halogens is 2. The molecule has 6 aromatic carbocycles. The van der Waals surface area contributed by atoms with Crippen molar-refractivity contribution in [3.05, 3.63) is 133 Å². The van der Waals surface area contributed by atoms with Crippen molar-refractivity contribution in [3.8, 4) is 0 Å². The molecule has 5 heteroatoms. The summed E-state index contributed by atoms with van der Waals surface area (Å²) < 4.78 is 0. The Kier molecular flexibility index (Phi) is 20.3. The van der Waals surface area contributed by atoms with Gasteiger partial charge in [0.1, 0.15) is 0 Å². The second-order valence-corrected chi connectivity index (χ2v) is 16.5. The van der Waals surface area contributed by atoms with E-state index in [4.69, 9.17) is 0 Å². The van der Waals surface area contributed by atoms with Crippen molar-refractivity contribution >= 4 is 58.6 Å². The topological polar surface area (TPSA) is 0 Å². The zero-order chi connectivity index (χ0) is 30.4. The molecule has 0 fully saturated rings. The SMILES string of the molecule is CCCCCCP(CCCCCC)c1cc2ccccc2[cH-]1.[Cl-].[Cl-].[Hf+4].c1ccc(P(c2ccccc2)c2cc3ccccc3[cH-]2)cc1. The van der Waals surface area contributed by atoms with Crippen LogP contribution < -0.4 is 46.0 Å². The third-order valence-electron chi connectivity index (χ3n) is 8.42. The molecule has 0 unspecified atom stereocenters. The fourth-order valence-corrected chi connectivity index (χ4v) is 11.0. The van der Waals surface area contributed by atoms with E-state index in [-0.39, 0.29) is 58.6 Å². The molecule has 0 amide bonds. The second kappa shape index (κ2) is 22.9. The van der Waals surface area contributed by atoms with Crippen LogP contribution in [0, 0.1) is 0 Å². The Balaban J connectivity index is 0.000000307. The zero-order valence-corrected chi connectivity index (χ0v) is 34.8. The molecule has 0 N–H and O–H groups in total. The maximum atomic E-state index is 2.47. The van der Waals surface area contributed by atoms with E-state index in [1.165, 1.54) is 101 Å². The van der Waals surface area contributed by atoms with E-state index in [2.05, 4.69) is 147 Å². The fourth-order valence-electron chi connectivity index (χ4n) is 6.01. The van der Waals surface area contributed by atoms with Crippen molar-refractivity contribution in [2.45, 2.75) is 65.2 Å². The second-order valence-electron chi connectivity index (χ2n) is 11.8. The predicted octanol–water partition coefficient (Wildman–Crippen LogP) is 5.15. The average molecular weight is 864 g/mol. The Morgan fingerprint density at radius 1 is 0.468 bits per heavy atom. The van der Waals surface area contributed by atoms with E-state index < -0.39 is 7.92 Å². The molecule has 0 radical (unpaired) electrons. The van der Waals surface area contributed by atoms with Gasteiger partial charge in [0.25, 0.3) is 0 Å². The molecule has 0 aliphatic rings. The first kappa shape index (κ1) is 41.6. The summed E-state index contributed by atoms with van der Waals surface area (Å²) in [6, 6.07) is 48.8. The third kappa shape index (κ3) is 12.4. The molecule has 0 heterocycles. The quantitative estimate of drug-likeness (QED) is 0.0617. The number of hydrogen-bond acceptors (Lipinski definition) is 0. The standard InChI is InChI=1S/C21H16P.C21H32P.2ClH.Hf/c1-3-11-19(12-4-1)22(20-13-5-2-6-14-20)21-15-17-9-7-8-10-18(17)16-21;1-3-5-7-11-15-22(16-12-8-6-4-2)21-17-19-13-9-10-14-20(19)18-21;;;/h1-16H;9-10,13-14,17-18H,3-8,11-12,15-16H2,1-2H3;2*1H;/q2*-1;;;+4/p-2. The van der Waals surface area contributed by atoms with Gasteiger partial charge in [0.2, 0.25) is 0 Å². The van der Waals surface area contributed by atoms with Crippen LogP contribution in [0.15, 0.2) is 133 Å². The first-order chi connectivity index (χ1) is 21.8. The number of unbranched alkanes of at least 4 members (excludes halogenated alkanes) is 6. The summed E-state index contributed by atoms with van der Waals surface area (Å²) >= 11 is 0. The zero-order valence-electron chi connectivity index (χ0n) is 27.9. The predicted molar refractivity (Wildman–Crippen MR) is 202 cm³/mol. The minimum atomic E-state index is -0.493. The summed E-state index contributed by atoms with van der Waals surface area (Å²) in [6.07, 6.45) is 14.1.